The van der Waals surface area contributed by atoms with Gasteiger partial charge in [-0.1, -0.05) is 0 Å². The molecule has 2 aliphatic rings. The number of nitrogens with zero attached hydrogens (tertiary/aromatic N) is 4. The number of hydrogen-bond donors (Lipinski definition) is 1. The van der Waals surface area contributed by atoms with E-state index in [-0.39, 0.29) is 36.5 Å². The van der Waals surface area contributed by atoms with E-state index in [0.717, 1.165) is 18.4 Å². The molecule has 0 radical (unpaired) electrons. The van der Waals surface area contributed by atoms with E-state index in [1.54, 1.807) is 26.2 Å². The number of carbonyl (C=O) groups excluding carboxylic acids is 2. The average molecular weight is 444 g/mol. The first kappa shape index (κ1) is 22.3. The van der Waals surface area contributed by atoms with Gasteiger partial charge in [-0.2, -0.15) is 5.10 Å². The molecule has 2 fully saturated rings. The molecule has 1 aliphatic carbocycles. The highest BCUT2D eigenvalue weighted by molar-refractivity contribution is 5.89. The van der Waals surface area contributed by atoms with Gasteiger partial charge in [-0.3, -0.25) is 9.48 Å². The zero-order chi connectivity index (χ0) is 22.8. The standard InChI is InChI=1S/C23H30FN5O3/c1-15-10-25-29(11-15)20-8-16-12-28(23(31)26-19-6-4-18(24)5-7-19)13-17(16)9-21(20)32-14-22(30)27(2)3/h4-7,10-11,16-17,20-21H,8-9,12-14H2,1-3H3,(H,26,31)/t16-,17+,20-,21-/m0/s1. The maximum atomic E-state index is 13.1. The van der Waals surface area contributed by atoms with Crippen molar-refractivity contribution >= 4 is 17.6 Å². The van der Waals surface area contributed by atoms with Crippen LogP contribution in [0.3, 0.4) is 0 Å². The second-order valence-electron chi connectivity index (χ2n) is 9.04. The summed E-state index contributed by atoms with van der Waals surface area (Å²) in [4.78, 5) is 28.2. The number of anilines is 1. The van der Waals surface area contributed by atoms with E-state index in [0.29, 0.717) is 30.6 Å². The Kier molecular flexibility index (Phi) is 6.45. The summed E-state index contributed by atoms with van der Waals surface area (Å²) >= 11 is 0. The number of aromatic nitrogens is 2. The Bertz CT molecular complexity index is 961. The number of aryl methyl sites for hydroxylation is 1. The molecule has 4 atom stereocenters. The van der Waals surface area contributed by atoms with Crippen molar-refractivity contribution in [3.8, 4) is 0 Å². The van der Waals surface area contributed by atoms with Gasteiger partial charge >= 0.3 is 6.03 Å². The third-order valence-corrected chi connectivity index (χ3v) is 6.46. The smallest absolute Gasteiger partial charge is 0.321 e. The van der Waals surface area contributed by atoms with Crippen LogP contribution in [0.4, 0.5) is 14.9 Å². The van der Waals surface area contributed by atoms with Crippen molar-refractivity contribution in [3.63, 3.8) is 0 Å². The molecule has 0 spiro atoms. The second kappa shape index (κ2) is 9.28. The molecule has 1 saturated carbocycles. The van der Waals surface area contributed by atoms with Crippen molar-refractivity contribution in [1.82, 2.24) is 19.6 Å². The van der Waals surface area contributed by atoms with Gasteiger partial charge in [0.2, 0.25) is 5.91 Å². The van der Waals surface area contributed by atoms with Crippen LogP contribution in [0.1, 0.15) is 24.4 Å². The lowest BCUT2D eigenvalue weighted by Gasteiger charge is -2.37. The van der Waals surface area contributed by atoms with Gasteiger partial charge in [-0.25, -0.2) is 9.18 Å². The summed E-state index contributed by atoms with van der Waals surface area (Å²) in [5.74, 6) is 0.206. The van der Waals surface area contributed by atoms with Crippen molar-refractivity contribution in [2.24, 2.45) is 11.8 Å². The van der Waals surface area contributed by atoms with Crippen LogP contribution in [0.25, 0.3) is 0 Å². The maximum Gasteiger partial charge on any atom is 0.321 e. The quantitative estimate of drug-likeness (QED) is 0.771. The monoisotopic (exact) mass is 443 g/mol. The Morgan fingerprint density at radius 1 is 1.19 bits per heavy atom. The van der Waals surface area contributed by atoms with Gasteiger partial charge < -0.3 is 19.9 Å². The third-order valence-electron chi connectivity index (χ3n) is 6.46. The molecule has 32 heavy (non-hydrogen) atoms. The summed E-state index contributed by atoms with van der Waals surface area (Å²) in [5.41, 5.74) is 1.64. The Labute approximate surface area is 187 Å². The van der Waals surface area contributed by atoms with Crippen LogP contribution in [-0.4, -0.2) is 71.4 Å². The molecule has 172 valence electrons. The van der Waals surface area contributed by atoms with Crippen LogP contribution in [0.15, 0.2) is 36.7 Å². The van der Waals surface area contributed by atoms with Crippen molar-refractivity contribution in [2.45, 2.75) is 31.9 Å². The number of fused-ring (bicyclic) bond motifs is 1. The zero-order valence-corrected chi connectivity index (χ0v) is 18.7. The summed E-state index contributed by atoms with van der Waals surface area (Å²) in [6.07, 6.45) is 5.26. The number of rotatable bonds is 5. The fourth-order valence-corrected chi connectivity index (χ4v) is 4.67. The molecule has 8 nitrogen and oxygen atoms in total. The van der Waals surface area contributed by atoms with E-state index in [4.69, 9.17) is 4.74 Å². The summed E-state index contributed by atoms with van der Waals surface area (Å²) < 4.78 is 21.2. The molecule has 2 heterocycles. The van der Waals surface area contributed by atoms with E-state index < -0.39 is 0 Å². The van der Waals surface area contributed by atoms with Gasteiger partial charge in [0, 0.05) is 39.1 Å². The highest BCUT2D eigenvalue weighted by atomic mass is 19.1. The molecule has 2 aromatic rings. The summed E-state index contributed by atoms with van der Waals surface area (Å²) in [5, 5.41) is 7.35. The summed E-state index contributed by atoms with van der Waals surface area (Å²) in [6, 6.07) is 5.59. The number of amides is 3. The number of ether oxygens (including phenoxy) is 1. The van der Waals surface area contributed by atoms with E-state index in [1.807, 2.05) is 28.9 Å². The Balaban J connectivity index is 1.44. The van der Waals surface area contributed by atoms with Crippen LogP contribution in [0, 0.1) is 24.6 Å². The van der Waals surface area contributed by atoms with Gasteiger partial charge in [0.05, 0.1) is 18.3 Å². The highest BCUT2D eigenvalue weighted by Crippen LogP contribution is 2.42. The largest absolute Gasteiger partial charge is 0.366 e. The van der Waals surface area contributed by atoms with E-state index in [1.165, 1.54) is 17.0 Å². The molecule has 4 rings (SSSR count). The maximum absolute atomic E-state index is 13.1. The number of benzene rings is 1. The van der Waals surface area contributed by atoms with Crippen molar-refractivity contribution in [2.75, 3.05) is 39.1 Å². The van der Waals surface area contributed by atoms with E-state index >= 15 is 0 Å². The SMILES string of the molecule is Cc1cnn([C@H]2C[C@H]3CN(C(=O)Nc4ccc(F)cc4)C[C@H]3C[C@@H]2OCC(=O)N(C)C)c1. The fourth-order valence-electron chi connectivity index (χ4n) is 4.67. The van der Waals surface area contributed by atoms with E-state index in [2.05, 4.69) is 10.4 Å². The Morgan fingerprint density at radius 3 is 2.50 bits per heavy atom. The lowest BCUT2D eigenvalue weighted by molar-refractivity contribution is -0.138. The van der Waals surface area contributed by atoms with Gasteiger partial charge in [-0.15, -0.1) is 0 Å². The average Bonchev–Trinajstić information content (AvgIpc) is 3.38. The number of likely N-dealkylation sites (N-methyl/N-ethyl adjacent to an activating group) is 1. The molecule has 1 aromatic carbocycles. The minimum Gasteiger partial charge on any atom is -0.366 e. The number of carbonyl (C=O) groups is 2. The van der Waals surface area contributed by atoms with Crippen LogP contribution in [0.5, 0.6) is 0 Å². The number of halogens is 1. The van der Waals surface area contributed by atoms with Gasteiger partial charge in [0.25, 0.3) is 0 Å². The molecular formula is C23H30FN5O3. The minimum absolute atomic E-state index is 0.0139. The van der Waals surface area contributed by atoms with Crippen molar-refractivity contribution < 1.29 is 18.7 Å². The molecule has 9 heteroatoms. The fraction of sp³-hybridized carbons (Fsp3) is 0.522. The van der Waals surface area contributed by atoms with Gasteiger partial charge in [-0.05, 0) is 61.4 Å². The van der Waals surface area contributed by atoms with Crippen LogP contribution < -0.4 is 5.32 Å². The number of hydrogen-bond acceptors (Lipinski definition) is 4. The lowest BCUT2D eigenvalue weighted by Crippen LogP contribution is -2.40. The number of urea groups is 1. The minimum atomic E-state index is -0.339. The first-order valence-electron chi connectivity index (χ1n) is 10.9. The topological polar surface area (TPSA) is 79.7 Å². The molecular weight excluding hydrogens is 413 g/mol. The molecule has 0 unspecified atom stereocenters. The Morgan fingerprint density at radius 2 is 1.88 bits per heavy atom. The van der Waals surface area contributed by atoms with Crippen LogP contribution in [-0.2, 0) is 9.53 Å². The van der Waals surface area contributed by atoms with Gasteiger partial charge in [0.1, 0.15) is 12.4 Å². The number of nitrogens with one attached hydrogen (secondary N) is 1. The number of likely N-dealkylation sites (tertiary alicyclic amines) is 1. The molecule has 1 saturated heterocycles. The molecule has 0 bridgehead atoms. The predicted octanol–water partition coefficient (Wildman–Crippen LogP) is 2.92. The van der Waals surface area contributed by atoms with Crippen LogP contribution in [0.2, 0.25) is 0 Å². The van der Waals surface area contributed by atoms with Crippen LogP contribution >= 0.6 is 0 Å². The first-order chi connectivity index (χ1) is 15.3. The highest BCUT2D eigenvalue weighted by Gasteiger charge is 2.45. The first-order valence-corrected chi connectivity index (χ1v) is 10.9. The van der Waals surface area contributed by atoms with Gasteiger partial charge in [0.15, 0.2) is 0 Å². The summed E-state index contributed by atoms with van der Waals surface area (Å²) in [7, 11) is 3.43. The zero-order valence-electron chi connectivity index (χ0n) is 18.7. The van der Waals surface area contributed by atoms with Crippen molar-refractivity contribution in [1.29, 1.82) is 0 Å². The molecule has 1 N–H and O–H groups in total. The second-order valence-corrected chi connectivity index (χ2v) is 9.04. The molecule has 3 amide bonds. The predicted molar refractivity (Wildman–Crippen MR) is 118 cm³/mol. The lowest BCUT2D eigenvalue weighted by atomic mass is 9.77. The van der Waals surface area contributed by atoms with Crippen molar-refractivity contribution in [3.05, 3.63) is 48.0 Å². The Hall–Kier alpha value is -2.94. The van der Waals surface area contributed by atoms with E-state index in [9.17, 15) is 14.0 Å². The molecule has 1 aliphatic heterocycles. The summed E-state index contributed by atoms with van der Waals surface area (Å²) in [6.45, 7) is 3.31. The normalized spacial score (nSPS) is 24.8. The molecule has 1 aromatic heterocycles. The third kappa shape index (κ3) is 4.93.